The number of hydrogen-bond donors (Lipinski definition) is 1. The Morgan fingerprint density at radius 1 is 1.35 bits per heavy atom. The Morgan fingerprint density at radius 3 is 2.80 bits per heavy atom. The molecule has 1 saturated heterocycles. The zero-order valence-electron chi connectivity index (χ0n) is 12.6. The van der Waals surface area contributed by atoms with Crippen molar-refractivity contribution in [3.63, 3.8) is 0 Å². The van der Waals surface area contributed by atoms with Gasteiger partial charge in [-0.3, -0.25) is 4.79 Å². The van der Waals surface area contributed by atoms with E-state index in [0.717, 1.165) is 6.54 Å². The lowest BCUT2D eigenvalue weighted by Gasteiger charge is -2.31. The van der Waals surface area contributed by atoms with Crippen LogP contribution >= 0.6 is 0 Å². The quantitative estimate of drug-likeness (QED) is 0.892. The molecule has 2 rings (SSSR count). The molecule has 0 bridgehead atoms. The van der Waals surface area contributed by atoms with E-state index in [2.05, 4.69) is 44.3 Å². The van der Waals surface area contributed by atoms with Crippen LogP contribution in [0.15, 0.2) is 18.2 Å². The zero-order valence-corrected chi connectivity index (χ0v) is 12.6. The summed E-state index contributed by atoms with van der Waals surface area (Å²) in [5, 5.41) is 3.48. The first-order chi connectivity index (χ1) is 9.61. The molecule has 0 radical (unpaired) electrons. The molecular formula is C16H24N2O2. The lowest BCUT2D eigenvalue weighted by atomic mass is 10.0. The van der Waals surface area contributed by atoms with E-state index in [-0.39, 0.29) is 18.6 Å². The summed E-state index contributed by atoms with van der Waals surface area (Å²) in [6, 6.07) is 6.70. The predicted octanol–water partition coefficient (Wildman–Crippen LogP) is 1.81. The van der Waals surface area contributed by atoms with Gasteiger partial charge in [-0.1, -0.05) is 25.1 Å². The highest BCUT2D eigenvalue weighted by Crippen LogP contribution is 2.19. The minimum absolute atomic E-state index is 0.0861. The van der Waals surface area contributed by atoms with E-state index in [1.807, 2.05) is 4.90 Å². The monoisotopic (exact) mass is 276 g/mol. The van der Waals surface area contributed by atoms with Crippen LogP contribution in [0.4, 0.5) is 0 Å². The molecule has 1 aromatic carbocycles. The standard InChI is InChI=1S/C16H24N2O2/c1-4-17-15(10-18-7-8-20-11-16(18)19)14-6-5-12(2)13(3)9-14/h5-6,9,15,17H,4,7-8,10-11H2,1-3H3. The third kappa shape index (κ3) is 3.58. The fourth-order valence-corrected chi connectivity index (χ4v) is 2.48. The maximum absolute atomic E-state index is 11.9. The predicted molar refractivity (Wildman–Crippen MR) is 79.7 cm³/mol. The van der Waals surface area contributed by atoms with Crippen LogP contribution in [0.3, 0.4) is 0 Å². The molecule has 110 valence electrons. The van der Waals surface area contributed by atoms with Gasteiger partial charge in [0.1, 0.15) is 6.61 Å². The number of morpholine rings is 1. The Balaban J connectivity index is 2.13. The summed E-state index contributed by atoms with van der Waals surface area (Å²) < 4.78 is 5.18. The van der Waals surface area contributed by atoms with Crippen LogP contribution in [-0.2, 0) is 9.53 Å². The summed E-state index contributed by atoms with van der Waals surface area (Å²) >= 11 is 0. The van der Waals surface area contributed by atoms with Gasteiger partial charge in [0, 0.05) is 19.1 Å². The minimum atomic E-state index is 0.0861. The van der Waals surface area contributed by atoms with Gasteiger partial charge in [-0.25, -0.2) is 0 Å². The molecule has 0 aliphatic carbocycles. The van der Waals surface area contributed by atoms with Gasteiger partial charge < -0.3 is 15.0 Å². The molecule has 1 aromatic rings. The Labute approximate surface area is 121 Å². The van der Waals surface area contributed by atoms with Crippen molar-refractivity contribution >= 4 is 5.91 Å². The van der Waals surface area contributed by atoms with Crippen molar-refractivity contribution in [3.05, 3.63) is 34.9 Å². The van der Waals surface area contributed by atoms with Gasteiger partial charge in [0.2, 0.25) is 5.91 Å². The number of benzene rings is 1. The van der Waals surface area contributed by atoms with Crippen molar-refractivity contribution in [2.45, 2.75) is 26.8 Å². The smallest absolute Gasteiger partial charge is 0.248 e. The van der Waals surface area contributed by atoms with Crippen LogP contribution in [0.2, 0.25) is 0 Å². The molecule has 1 atom stereocenters. The van der Waals surface area contributed by atoms with E-state index in [1.54, 1.807) is 0 Å². The fourth-order valence-electron chi connectivity index (χ4n) is 2.48. The lowest BCUT2D eigenvalue weighted by Crippen LogP contribution is -2.45. The highest BCUT2D eigenvalue weighted by atomic mass is 16.5. The van der Waals surface area contributed by atoms with Crippen molar-refractivity contribution in [1.29, 1.82) is 0 Å². The van der Waals surface area contributed by atoms with Crippen molar-refractivity contribution < 1.29 is 9.53 Å². The number of nitrogens with zero attached hydrogens (tertiary/aromatic N) is 1. The number of nitrogens with one attached hydrogen (secondary N) is 1. The highest BCUT2D eigenvalue weighted by molar-refractivity contribution is 5.78. The largest absolute Gasteiger partial charge is 0.370 e. The van der Waals surface area contributed by atoms with Gasteiger partial charge in [0.05, 0.1) is 6.61 Å². The molecule has 1 amide bonds. The van der Waals surface area contributed by atoms with Crippen LogP contribution in [0.25, 0.3) is 0 Å². The summed E-state index contributed by atoms with van der Waals surface area (Å²) in [4.78, 5) is 13.8. The number of carbonyl (C=O) groups excluding carboxylic acids is 1. The van der Waals surface area contributed by atoms with Crippen LogP contribution in [-0.4, -0.2) is 43.7 Å². The second-order valence-corrected chi connectivity index (χ2v) is 5.35. The minimum Gasteiger partial charge on any atom is -0.370 e. The summed E-state index contributed by atoms with van der Waals surface area (Å²) in [5.74, 6) is 0.0861. The molecule has 1 aliphatic rings. The summed E-state index contributed by atoms with van der Waals surface area (Å²) in [6.07, 6.45) is 0. The van der Waals surface area contributed by atoms with Gasteiger partial charge in [-0.05, 0) is 37.1 Å². The normalized spacial score (nSPS) is 17.4. The van der Waals surface area contributed by atoms with Crippen LogP contribution in [0.1, 0.15) is 29.7 Å². The summed E-state index contributed by atoms with van der Waals surface area (Å²) in [7, 11) is 0. The molecule has 0 aromatic heterocycles. The van der Waals surface area contributed by atoms with Crippen molar-refractivity contribution in [2.75, 3.05) is 32.8 Å². The van der Waals surface area contributed by atoms with E-state index in [0.29, 0.717) is 19.7 Å². The summed E-state index contributed by atoms with van der Waals surface area (Å²) in [5.41, 5.74) is 3.83. The Morgan fingerprint density at radius 2 is 2.15 bits per heavy atom. The lowest BCUT2D eigenvalue weighted by molar-refractivity contribution is -0.143. The van der Waals surface area contributed by atoms with Crippen molar-refractivity contribution in [2.24, 2.45) is 0 Å². The molecule has 1 heterocycles. The molecule has 4 nitrogen and oxygen atoms in total. The van der Waals surface area contributed by atoms with Crippen LogP contribution < -0.4 is 5.32 Å². The Bertz CT molecular complexity index is 474. The van der Waals surface area contributed by atoms with Gasteiger partial charge in [-0.15, -0.1) is 0 Å². The third-order valence-electron chi connectivity index (χ3n) is 3.87. The molecule has 0 saturated carbocycles. The molecule has 1 unspecified atom stereocenters. The Kier molecular flexibility index (Phi) is 5.15. The average Bonchev–Trinajstić information content (AvgIpc) is 2.44. The van der Waals surface area contributed by atoms with Crippen molar-refractivity contribution in [3.8, 4) is 0 Å². The summed E-state index contributed by atoms with van der Waals surface area (Å²) in [6.45, 7) is 9.47. The van der Waals surface area contributed by atoms with Crippen LogP contribution in [0, 0.1) is 13.8 Å². The first kappa shape index (κ1) is 15.0. The molecule has 1 fully saturated rings. The first-order valence-corrected chi connectivity index (χ1v) is 7.28. The number of rotatable bonds is 5. The molecule has 20 heavy (non-hydrogen) atoms. The number of hydrogen-bond acceptors (Lipinski definition) is 3. The van der Waals surface area contributed by atoms with Gasteiger partial charge >= 0.3 is 0 Å². The molecule has 1 aliphatic heterocycles. The second-order valence-electron chi connectivity index (χ2n) is 5.35. The topological polar surface area (TPSA) is 41.6 Å². The van der Waals surface area contributed by atoms with E-state index in [9.17, 15) is 4.79 Å². The highest BCUT2D eigenvalue weighted by Gasteiger charge is 2.22. The van der Waals surface area contributed by atoms with Gasteiger partial charge in [0.25, 0.3) is 0 Å². The second kappa shape index (κ2) is 6.86. The number of carbonyl (C=O) groups is 1. The van der Waals surface area contributed by atoms with Gasteiger partial charge in [0.15, 0.2) is 0 Å². The first-order valence-electron chi connectivity index (χ1n) is 7.28. The molecule has 0 spiro atoms. The Hall–Kier alpha value is -1.39. The van der Waals surface area contributed by atoms with Crippen LogP contribution in [0.5, 0.6) is 0 Å². The number of likely N-dealkylation sites (N-methyl/N-ethyl adjacent to an activating group) is 1. The zero-order chi connectivity index (χ0) is 14.5. The fraction of sp³-hybridized carbons (Fsp3) is 0.562. The number of amides is 1. The SMILES string of the molecule is CCNC(CN1CCOCC1=O)c1ccc(C)c(C)c1. The third-order valence-corrected chi connectivity index (χ3v) is 3.87. The number of ether oxygens (including phenoxy) is 1. The van der Waals surface area contributed by atoms with E-state index < -0.39 is 0 Å². The molecule has 1 N–H and O–H groups in total. The molecular weight excluding hydrogens is 252 g/mol. The molecule has 4 heteroatoms. The number of aryl methyl sites for hydroxylation is 2. The maximum Gasteiger partial charge on any atom is 0.248 e. The maximum atomic E-state index is 11.9. The van der Waals surface area contributed by atoms with E-state index in [1.165, 1.54) is 16.7 Å². The van der Waals surface area contributed by atoms with E-state index in [4.69, 9.17) is 4.74 Å². The van der Waals surface area contributed by atoms with E-state index >= 15 is 0 Å². The average molecular weight is 276 g/mol. The van der Waals surface area contributed by atoms with Gasteiger partial charge in [-0.2, -0.15) is 0 Å². The van der Waals surface area contributed by atoms with Crippen molar-refractivity contribution in [1.82, 2.24) is 10.2 Å².